The minimum absolute atomic E-state index is 0.170. The average Bonchev–Trinajstić information content (AvgIpc) is 3.05. The van der Waals surface area contributed by atoms with Crippen LogP contribution in [0.3, 0.4) is 0 Å². The SMILES string of the molecule is Cc1cc2ncn(C(C)c3nc(CCl)cs3)c2cc1C. The topological polar surface area (TPSA) is 30.7 Å². The Labute approximate surface area is 127 Å². The molecule has 5 heteroatoms. The highest BCUT2D eigenvalue weighted by atomic mass is 35.5. The van der Waals surface area contributed by atoms with E-state index in [1.165, 1.54) is 11.1 Å². The van der Waals surface area contributed by atoms with E-state index in [0.29, 0.717) is 5.88 Å². The largest absolute Gasteiger partial charge is 0.321 e. The van der Waals surface area contributed by atoms with E-state index in [1.807, 2.05) is 11.7 Å². The zero-order valence-corrected chi connectivity index (χ0v) is 13.3. The first-order chi connectivity index (χ1) is 9.60. The molecule has 1 unspecified atom stereocenters. The zero-order valence-electron chi connectivity index (χ0n) is 11.7. The number of hydrogen-bond donors (Lipinski definition) is 0. The van der Waals surface area contributed by atoms with Crippen molar-refractivity contribution in [3.8, 4) is 0 Å². The molecule has 0 N–H and O–H groups in total. The summed E-state index contributed by atoms with van der Waals surface area (Å²) < 4.78 is 2.18. The van der Waals surface area contributed by atoms with Crippen molar-refractivity contribution in [1.29, 1.82) is 0 Å². The predicted octanol–water partition coefficient (Wildman–Crippen LogP) is 4.46. The van der Waals surface area contributed by atoms with Gasteiger partial charge in [0.15, 0.2) is 0 Å². The van der Waals surface area contributed by atoms with Gasteiger partial charge in [-0.2, -0.15) is 0 Å². The lowest BCUT2D eigenvalue weighted by Crippen LogP contribution is -2.05. The van der Waals surface area contributed by atoms with E-state index < -0.39 is 0 Å². The Hall–Kier alpha value is -1.39. The first kappa shape index (κ1) is 13.6. The fraction of sp³-hybridized carbons (Fsp3) is 0.333. The molecule has 104 valence electrons. The van der Waals surface area contributed by atoms with Crippen molar-refractivity contribution < 1.29 is 0 Å². The van der Waals surface area contributed by atoms with Crippen LogP contribution in [-0.4, -0.2) is 14.5 Å². The summed E-state index contributed by atoms with van der Waals surface area (Å²) in [6, 6.07) is 4.51. The molecular formula is C15H16ClN3S. The maximum atomic E-state index is 5.83. The number of alkyl halides is 1. The molecule has 0 radical (unpaired) electrons. The van der Waals surface area contributed by atoms with Gasteiger partial charge in [-0.05, 0) is 44.0 Å². The van der Waals surface area contributed by atoms with Crippen LogP contribution in [0.1, 0.15) is 34.8 Å². The summed E-state index contributed by atoms with van der Waals surface area (Å²) in [4.78, 5) is 9.08. The number of nitrogens with zero attached hydrogens (tertiary/aromatic N) is 3. The van der Waals surface area contributed by atoms with Crippen LogP contribution in [0.25, 0.3) is 11.0 Å². The molecule has 0 aliphatic heterocycles. The lowest BCUT2D eigenvalue weighted by molar-refractivity contribution is 0.651. The van der Waals surface area contributed by atoms with Crippen LogP contribution < -0.4 is 0 Å². The molecule has 0 amide bonds. The van der Waals surface area contributed by atoms with Crippen molar-refractivity contribution in [3.63, 3.8) is 0 Å². The van der Waals surface area contributed by atoms with E-state index in [0.717, 1.165) is 21.7 Å². The van der Waals surface area contributed by atoms with E-state index in [9.17, 15) is 0 Å². The third-order valence-electron chi connectivity index (χ3n) is 3.67. The first-order valence-electron chi connectivity index (χ1n) is 6.54. The number of fused-ring (bicyclic) bond motifs is 1. The molecule has 0 saturated heterocycles. The highest BCUT2D eigenvalue weighted by Crippen LogP contribution is 2.27. The third-order valence-corrected chi connectivity index (χ3v) is 5.01. The number of benzene rings is 1. The number of aryl methyl sites for hydroxylation is 2. The molecule has 1 atom stereocenters. The van der Waals surface area contributed by atoms with Gasteiger partial charge < -0.3 is 4.57 Å². The highest BCUT2D eigenvalue weighted by molar-refractivity contribution is 7.09. The maximum absolute atomic E-state index is 5.83. The molecule has 3 rings (SSSR count). The van der Waals surface area contributed by atoms with Crippen LogP contribution in [0.4, 0.5) is 0 Å². The lowest BCUT2D eigenvalue weighted by atomic mass is 10.1. The van der Waals surface area contributed by atoms with Gasteiger partial charge in [-0.3, -0.25) is 0 Å². The van der Waals surface area contributed by atoms with Gasteiger partial charge in [0.25, 0.3) is 0 Å². The molecular weight excluding hydrogens is 290 g/mol. The van der Waals surface area contributed by atoms with Crippen LogP contribution in [-0.2, 0) is 5.88 Å². The van der Waals surface area contributed by atoms with E-state index in [1.54, 1.807) is 11.3 Å². The monoisotopic (exact) mass is 305 g/mol. The summed E-state index contributed by atoms with van der Waals surface area (Å²) in [5.41, 5.74) is 5.69. The van der Waals surface area contributed by atoms with Crippen LogP contribution in [0.2, 0.25) is 0 Å². The van der Waals surface area contributed by atoms with Gasteiger partial charge in [-0.25, -0.2) is 9.97 Å². The van der Waals surface area contributed by atoms with Gasteiger partial charge in [0.05, 0.1) is 35.0 Å². The second-order valence-corrected chi connectivity index (χ2v) is 6.22. The number of halogens is 1. The Morgan fingerprint density at radius 2 is 2.05 bits per heavy atom. The van der Waals surface area contributed by atoms with Crippen LogP contribution >= 0.6 is 22.9 Å². The first-order valence-corrected chi connectivity index (χ1v) is 7.95. The van der Waals surface area contributed by atoms with E-state index in [4.69, 9.17) is 11.6 Å². The smallest absolute Gasteiger partial charge is 0.116 e. The lowest BCUT2D eigenvalue weighted by Gasteiger charge is -2.12. The quantitative estimate of drug-likeness (QED) is 0.669. The summed E-state index contributed by atoms with van der Waals surface area (Å²) in [6.07, 6.45) is 1.90. The molecule has 20 heavy (non-hydrogen) atoms. The van der Waals surface area contributed by atoms with E-state index >= 15 is 0 Å². The number of aromatic nitrogens is 3. The third kappa shape index (κ3) is 2.23. The predicted molar refractivity (Wildman–Crippen MR) is 84.7 cm³/mol. The van der Waals surface area contributed by atoms with Crippen molar-refractivity contribution in [2.45, 2.75) is 32.7 Å². The van der Waals surface area contributed by atoms with Gasteiger partial charge in [-0.1, -0.05) is 0 Å². The Morgan fingerprint density at radius 3 is 2.75 bits per heavy atom. The van der Waals surface area contributed by atoms with Crippen LogP contribution in [0, 0.1) is 13.8 Å². The molecule has 2 aromatic heterocycles. The van der Waals surface area contributed by atoms with Crippen LogP contribution in [0.15, 0.2) is 23.8 Å². The van der Waals surface area contributed by atoms with Gasteiger partial charge in [0.2, 0.25) is 0 Å². The average molecular weight is 306 g/mol. The Morgan fingerprint density at radius 1 is 1.30 bits per heavy atom. The molecule has 3 nitrogen and oxygen atoms in total. The molecule has 3 aromatic rings. The molecule has 0 bridgehead atoms. The van der Waals surface area contributed by atoms with Crippen molar-refractivity contribution in [2.24, 2.45) is 0 Å². The number of rotatable bonds is 3. The van der Waals surface area contributed by atoms with Gasteiger partial charge in [-0.15, -0.1) is 22.9 Å². The summed E-state index contributed by atoms with van der Waals surface area (Å²) in [5, 5.41) is 3.09. The van der Waals surface area contributed by atoms with E-state index in [-0.39, 0.29) is 6.04 Å². The molecule has 0 spiro atoms. The van der Waals surface area contributed by atoms with Crippen molar-refractivity contribution in [2.75, 3.05) is 0 Å². The fourth-order valence-corrected chi connectivity index (χ4v) is 3.39. The summed E-state index contributed by atoms with van der Waals surface area (Å²) in [5.74, 6) is 0.464. The highest BCUT2D eigenvalue weighted by Gasteiger charge is 2.15. The van der Waals surface area contributed by atoms with Crippen molar-refractivity contribution in [3.05, 3.63) is 45.7 Å². The molecule has 0 aliphatic carbocycles. The summed E-state index contributed by atoms with van der Waals surface area (Å²) >= 11 is 7.48. The second kappa shape index (κ2) is 5.19. The molecule has 2 heterocycles. The summed E-state index contributed by atoms with van der Waals surface area (Å²) in [6.45, 7) is 6.39. The van der Waals surface area contributed by atoms with E-state index in [2.05, 4.69) is 47.4 Å². The van der Waals surface area contributed by atoms with Gasteiger partial charge in [0, 0.05) is 5.38 Å². The fourth-order valence-electron chi connectivity index (χ4n) is 2.29. The van der Waals surface area contributed by atoms with Crippen molar-refractivity contribution >= 4 is 34.0 Å². The minimum atomic E-state index is 0.170. The normalized spacial score (nSPS) is 13.0. The van der Waals surface area contributed by atoms with Gasteiger partial charge >= 0.3 is 0 Å². The molecule has 1 aromatic carbocycles. The molecule has 0 fully saturated rings. The Kier molecular flexibility index (Phi) is 3.52. The number of imidazole rings is 1. The number of hydrogen-bond acceptors (Lipinski definition) is 3. The van der Waals surface area contributed by atoms with Gasteiger partial charge in [0.1, 0.15) is 5.01 Å². The minimum Gasteiger partial charge on any atom is -0.321 e. The Bertz CT molecular complexity index is 760. The van der Waals surface area contributed by atoms with Crippen LogP contribution in [0.5, 0.6) is 0 Å². The van der Waals surface area contributed by atoms with Crippen molar-refractivity contribution in [1.82, 2.24) is 14.5 Å². The second-order valence-electron chi connectivity index (χ2n) is 5.06. The maximum Gasteiger partial charge on any atom is 0.116 e. The summed E-state index contributed by atoms with van der Waals surface area (Å²) in [7, 11) is 0. The Balaban J connectivity index is 2.07. The standard InChI is InChI=1S/C15H16ClN3S/c1-9-4-13-14(5-10(9)2)19(8-17-13)11(3)15-18-12(6-16)7-20-15/h4-5,7-8,11H,6H2,1-3H3. The zero-order chi connectivity index (χ0) is 14.3. The number of thiazole rings is 1. The molecule has 0 aliphatic rings. The molecule has 0 saturated carbocycles.